The van der Waals surface area contributed by atoms with Gasteiger partial charge in [-0.2, -0.15) is 18.3 Å². The van der Waals surface area contributed by atoms with E-state index in [1.54, 1.807) is 4.90 Å². The number of anilines is 1. The van der Waals surface area contributed by atoms with Crippen LogP contribution in [0, 0.1) is 12.8 Å². The third-order valence-corrected chi connectivity index (χ3v) is 10.0. The van der Waals surface area contributed by atoms with E-state index in [0.29, 0.717) is 24.6 Å². The lowest BCUT2D eigenvalue weighted by Gasteiger charge is -2.39. The van der Waals surface area contributed by atoms with Crippen molar-refractivity contribution in [1.82, 2.24) is 25.3 Å². The normalized spacial score (nSPS) is 26.3. The molecule has 1 saturated heterocycles. The number of alkyl halides is 3. The van der Waals surface area contributed by atoms with Crippen molar-refractivity contribution in [3.63, 3.8) is 0 Å². The minimum Gasteiger partial charge on any atom is -0.348 e. The molecule has 0 spiro atoms. The Kier molecular flexibility index (Phi) is 9.04. The fourth-order valence-electron chi connectivity index (χ4n) is 7.44. The van der Waals surface area contributed by atoms with E-state index in [9.17, 15) is 22.8 Å². The van der Waals surface area contributed by atoms with E-state index < -0.39 is 29.6 Å². The fourth-order valence-corrected chi connectivity index (χ4v) is 7.44. The Morgan fingerprint density at radius 1 is 1.10 bits per heavy atom. The first-order chi connectivity index (χ1) is 23.9. The van der Waals surface area contributed by atoms with Crippen molar-refractivity contribution in [2.75, 3.05) is 31.6 Å². The number of aromatic nitrogens is 2. The van der Waals surface area contributed by atoms with Gasteiger partial charge in [-0.15, -0.1) is 0 Å². The molecular formula is C38H41F3N6O3. The van der Waals surface area contributed by atoms with Crippen LogP contribution in [0.5, 0.6) is 0 Å². The quantitative estimate of drug-likeness (QED) is 0.228. The van der Waals surface area contributed by atoms with Crippen LogP contribution in [0.4, 0.5) is 19.0 Å². The molecule has 0 bridgehead atoms. The average molecular weight is 687 g/mol. The number of nitrogens with zero attached hydrogens (tertiary/aromatic N) is 4. The van der Waals surface area contributed by atoms with Gasteiger partial charge in [0, 0.05) is 49.1 Å². The number of epoxide rings is 1. The summed E-state index contributed by atoms with van der Waals surface area (Å²) in [5.74, 6) is -1.01. The molecule has 12 heteroatoms. The molecule has 3 aromatic rings. The Hall–Kier alpha value is -4.52. The predicted octanol–water partition coefficient (Wildman–Crippen LogP) is 5.50. The molecule has 9 nitrogen and oxygen atoms in total. The summed E-state index contributed by atoms with van der Waals surface area (Å²) in [7, 11) is 2.07. The van der Waals surface area contributed by atoms with Crippen LogP contribution in [-0.4, -0.2) is 71.6 Å². The van der Waals surface area contributed by atoms with Crippen LogP contribution in [0.2, 0.25) is 0 Å². The van der Waals surface area contributed by atoms with Crippen LogP contribution in [0.25, 0.3) is 0 Å². The maximum atomic E-state index is 14.5. The van der Waals surface area contributed by atoms with E-state index in [2.05, 4.69) is 47.7 Å². The second-order valence-corrected chi connectivity index (χ2v) is 13.6. The van der Waals surface area contributed by atoms with Gasteiger partial charge in [-0.1, -0.05) is 67.6 Å². The zero-order chi connectivity index (χ0) is 35.3. The first-order valence-electron chi connectivity index (χ1n) is 17.0. The zero-order valence-corrected chi connectivity index (χ0v) is 28.4. The van der Waals surface area contributed by atoms with Crippen molar-refractivity contribution in [2.24, 2.45) is 5.92 Å². The lowest BCUT2D eigenvalue weighted by atomic mass is 9.80. The number of amides is 2. The van der Waals surface area contributed by atoms with Crippen LogP contribution in [0.15, 0.2) is 84.5 Å². The lowest BCUT2D eigenvalue weighted by molar-refractivity contribution is -0.137. The number of hydrogen-bond acceptors (Lipinski definition) is 6. The number of ether oxygens (including phenoxy) is 1. The van der Waals surface area contributed by atoms with Gasteiger partial charge in [0.2, 0.25) is 0 Å². The molecule has 6 atom stereocenters. The van der Waals surface area contributed by atoms with Gasteiger partial charge in [-0.05, 0) is 55.8 Å². The van der Waals surface area contributed by atoms with Crippen LogP contribution in [0.3, 0.4) is 0 Å². The maximum absolute atomic E-state index is 14.5. The summed E-state index contributed by atoms with van der Waals surface area (Å²) in [6, 6.07) is 10.9. The zero-order valence-electron chi connectivity index (χ0n) is 28.4. The number of benzene rings is 2. The Morgan fingerprint density at radius 3 is 2.60 bits per heavy atom. The van der Waals surface area contributed by atoms with Gasteiger partial charge in [0.15, 0.2) is 0 Å². The Morgan fingerprint density at radius 2 is 1.88 bits per heavy atom. The highest BCUT2D eigenvalue weighted by molar-refractivity contribution is 6.05. The molecule has 262 valence electrons. The Labute approximate surface area is 289 Å². The third-order valence-electron chi connectivity index (χ3n) is 10.0. The van der Waals surface area contributed by atoms with Crippen molar-refractivity contribution in [3.05, 3.63) is 118 Å². The summed E-state index contributed by atoms with van der Waals surface area (Å²) in [6.45, 7) is 8.47. The Balaban J connectivity index is 1.25. The van der Waals surface area contributed by atoms with E-state index >= 15 is 0 Å². The van der Waals surface area contributed by atoms with Gasteiger partial charge in [0.25, 0.3) is 11.8 Å². The molecule has 7 rings (SSSR count). The number of carbonyl (C=O) groups is 2. The third kappa shape index (κ3) is 6.43. The molecule has 50 heavy (non-hydrogen) atoms. The SMILES string of the molecule is CCN1C(=O)[C@H](NC(=O)c2cccc(C(F)(F)F)c2)[C@@H](c2cccc(CNC3OC3C3=CCN(C)C3)c2)c2c(C)nn(C3C=CC=CC3C)c21. The van der Waals surface area contributed by atoms with Crippen LogP contribution in [-0.2, 0) is 22.3 Å². The number of halogens is 3. The van der Waals surface area contributed by atoms with Gasteiger partial charge in [-0.25, -0.2) is 4.68 Å². The van der Waals surface area contributed by atoms with Crippen LogP contribution < -0.4 is 15.5 Å². The minimum absolute atomic E-state index is 0.0525. The second kappa shape index (κ2) is 13.3. The number of nitrogens with one attached hydrogen (secondary N) is 2. The van der Waals surface area contributed by atoms with Crippen LogP contribution >= 0.6 is 0 Å². The number of allylic oxidation sites excluding steroid dienone is 4. The van der Waals surface area contributed by atoms with Crippen molar-refractivity contribution >= 4 is 17.6 Å². The number of rotatable bonds is 9. The molecule has 1 aliphatic carbocycles. The highest BCUT2D eigenvalue weighted by atomic mass is 19.4. The molecule has 2 aromatic carbocycles. The highest BCUT2D eigenvalue weighted by Crippen LogP contribution is 2.45. The standard InChI is InChI=1S/C38H41F3N6O3/c1-5-46-36-30(23(3)44-47(36)29-15-7-6-10-22(29)2)31(32(37(46)49)43-34(48)26-13-9-14-28(19-26)38(39,40)41)25-12-8-11-24(18-25)20-42-35-33(50-35)27-16-17-45(4)21-27/h6-16,18-19,22,29,31-33,35,42H,5,17,20-21H2,1-4H3,(H,43,48)/t22?,29?,31-,32+,33?,35?/m0/s1. The van der Waals surface area contributed by atoms with E-state index in [4.69, 9.17) is 9.84 Å². The molecule has 2 amide bonds. The molecule has 0 radical (unpaired) electrons. The van der Waals surface area contributed by atoms with E-state index in [0.717, 1.165) is 41.9 Å². The molecule has 0 saturated carbocycles. The molecule has 1 fully saturated rings. The summed E-state index contributed by atoms with van der Waals surface area (Å²) in [6.07, 6.45) is 5.67. The van der Waals surface area contributed by atoms with E-state index in [1.165, 1.54) is 17.7 Å². The molecule has 4 aliphatic rings. The summed E-state index contributed by atoms with van der Waals surface area (Å²) in [5, 5.41) is 11.3. The maximum Gasteiger partial charge on any atom is 0.416 e. The largest absolute Gasteiger partial charge is 0.416 e. The van der Waals surface area contributed by atoms with Gasteiger partial charge in [0.05, 0.1) is 17.3 Å². The van der Waals surface area contributed by atoms with E-state index in [1.807, 2.05) is 54.9 Å². The van der Waals surface area contributed by atoms with Crippen molar-refractivity contribution in [2.45, 2.75) is 63.8 Å². The minimum atomic E-state index is -4.62. The first kappa shape index (κ1) is 34.0. The van der Waals surface area contributed by atoms with Gasteiger partial charge in [-0.3, -0.25) is 24.7 Å². The number of carbonyl (C=O) groups excluding carboxylic acids is 2. The topological polar surface area (TPSA) is 95.0 Å². The van der Waals surface area contributed by atoms with Gasteiger partial charge < -0.3 is 10.1 Å². The Bertz CT molecular complexity index is 1900. The molecule has 2 N–H and O–H groups in total. The van der Waals surface area contributed by atoms with E-state index in [-0.39, 0.29) is 35.8 Å². The predicted molar refractivity (Wildman–Crippen MR) is 184 cm³/mol. The first-order valence-corrected chi connectivity index (χ1v) is 17.0. The molecule has 3 aliphatic heterocycles. The van der Waals surface area contributed by atoms with Crippen molar-refractivity contribution in [1.29, 1.82) is 0 Å². The highest BCUT2D eigenvalue weighted by Gasteiger charge is 2.47. The monoisotopic (exact) mass is 686 g/mol. The van der Waals surface area contributed by atoms with Gasteiger partial charge in [0.1, 0.15) is 24.2 Å². The van der Waals surface area contributed by atoms with Gasteiger partial charge >= 0.3 is 6.18 Å². The summed E-state index contributed by atoms with van der Waals surface area (Å²) in [4.78, 5) is 32.1. The number of hydrogen-bond donors (Lipinski definition) is 2. The molecule has 4 heterocycles. The number of fused-ring (bicyclic) bond motifs is 1. The molecular weight excluding hydrogens is 645 g/mol. The lowest BCUT2D eigenvalue weighted by Crippen LogP contribution is -2.55. The smallest absolute Gasteiger partial charge is 0.348 e. The molecule has 4 unspecified atom stereocenters. The van der Waals surface area contributed by atoms with Crippen molar-refractivity contribution in [3.8, 4) is 0 Å². The van der Waals surface area contributed by atoms with Crippen LogP contribution in [0.1, 0.15) is 64.1 Å². The average Bonchev–Trinajstić information content (AvgIpc) is 3.63. The summed E-state index contributed by atoms with van der Waals surface area (Å²) in [5.41, 5.74) is 3.41. The molecule has 1 aromatic heterocycles. The summed E-state index contributed by atoms with van der Waals surface area (Å²) >= 11 is 0. The number of likely N-dealkylation sites (N-methyl/N-ethyl adjacent to an activating group) is 2. The number of aryl methyl sites for hydroxylation is 1. The fraction of sp³-hybridized carbons (Fsp3) is 0.395. The summed E-state index contributed by atoms with van der Waals surface area (Å²) < 4.78 is 48.5. The van der Waals surface area contributed by atoms with Crippen molar-refractivity contribution < 1.29 is 27.5 Å². The second-order valence-electron chi connectivity index (χ2n) is 13.6.